The highest BCUT2D eigenvalue weighted by Gasteiger charge is 2.20. The Morgan fingerprint density at radius 1 is 1.05 bits per heavy atom. The van der Waals surface area contributed by atoms with Gasteiger partial charge in [-0.3, -0.25) is 0 Å². The molecule has 1 aromatic rings. The fraction of sp³-hybridized carbons (Fsp3) is 0.214. The van der Waals surface area contributed by atoms with Gasteiger partial charge in [0.05, 0.1) is 27.4 Å². The smallest absolute Gasteiger partial charge is 0.340 e. The minimum atomic E-state index is -0.441. The van der Waals surface area contributed by atoms with Gasteiger partial charge in [-0.2, -0.15) is 0 Å². The molecule has 5 nitrogen and oxygen atoms in total. The second kappa shape index (κ2) is 5.48. The molecule has 2 rings (SSSR count). The van der Waals surface area contributed by atoms with Gasteiger partial charge in [-0.25, -0.2) is 4.79 Å². The van der Waals surface area contributed by atoms with Gasteiger partial charge in [-0.05, 0) is 23.8 Å². The van der Waals surface area contributed by atoms with E-state index in [-0.39, 0.29) is 0 Å². The van der Waals surface area contributed by atoms with Crippen LogP contribution in [0.5, 0.6) is 11.5 Å². The zero-order valence-electron chi connectivity index (χ0n) is 10.9. The van der Waals surface area contributed by atoms with Crippen molar-refractivity contribution in [3.05, 3.63) is 41.4 Å². The number of hydrogen-bond donors (Lipinski definition) is 0. The predicted octanol–water partition coefficient (Wildman–Crippen LogP) is 2.13. The number of esters is 1. The third-order valence-electron chi connectivity index (χ3n) is 2.63. The quantitative estimate of drug-likeness (QED) is 0.778. The lowest BCUT2D eigenvalue weighted by Crippen LogP contribution is -1.93. The summed E-state index contributed by atoms with van der Waals surface area (Å²) in [4.78, 5) is 11.2. The molecule has 0 saturated carbocycles. The van der Waals surface area contributed by atoms with Crippen LogP contribution in [0.2, 0.25) is 0 Å². The number of carbonyl (C=O) groups excluding carboxylic acids is 1. The zero-order valence-corrected chi connectivity index (χ0v) is 10.9. The van der Waals surface area contributed by atoms with Crippen LogP contribution in [-0.4, -0.2) is 27.3 Å². The first-order chi connectivity index (χ1) is 9.17. The molecule has 0 atom stereocenters. The maximum Gasteiger partial charge on any atom is 0.340 e. The third kappa shape index (κ3) is 2.70. The van der Waals surface area contributed by atoms with E-state index in [9.17, 15) is 4.79 Å². The monoisotopic (exact) mass is 262 g/mol. The van der Waals surface area contributed by atoms with Gasteiger partial charge in [0.2, 0.25) is 0 Å². The van der Waals surface area contributed by atoms with Gasteiger partial charge in [-0.1, -0.05) is 6.07 Å². The summed E-state index contributed by atoms with van der Waals surface area (Å²) in [5, 5.41) is 0. The van der Waals surface area contributed by atoms with Crippen LogP contribution in [0.1, 0.15) is 5.56 Å². The van der Waals surface area contributed by atoms with Crippen molar-refractivity contribution in [2.75, 3.05) is 21.3 Å². The standard InChI is InChI=1S/C14H14O5/c1-16-10-5-4-9(6-11(10)17-2)7-13-12(18-3)8-14(15)19-13/h4-8H,1-3H3. The molecular formula is C14H14O5. The summed E-state index contributed by atoms with van der Waals surface area (Å²) in [6.45, 7) is 0. The van der Waals surface area contributed by atoms with Crippen molar-refractivity contribution in [2.24, 2.45) is 0 Å². The Morgan fingerprint density at radius 3 is 2.42 bits per heavy atom. The van der Waals surface area contributed by atoms with E-state index >= 15 is 0 Å². The van der Waals surface area contributed by atoms with Crippen molar-refractivity contribution in [1.82, 2.24) is 0 Å². The number of hydrogen-bond acceptors (Lipinski definition) is 5. The normalized spacial score (nSPS) is 16.1. The van der Waals surface area contributed by atoms with E-state index in [1.807, 2.05) is 6.07 Å². The van der Waals surface area contributed by atoms with Gasteiger partial charge >= 0.3 is 5.97 Å². The van der Waals surface area contributed by atoms with Gasteiger partial charge in [0, 0.05) is 0 Å². The molecule has 0 fully saturated rings. The molecule has 1 aromatic carbocycles. The maximum absolute atomic E-state index is 11.2. The molecule has 5 heteroatoms. The number of methoxy groups -OCH3 is 3. The minimum absolute atomic E-state index is 0.375. The Bertz CT molecular complexity index is 557. The summed E-state index contributed by atoms with van der Waals surface area (Å²) in [6.07, 6.45) is 2.99. The summed E-state index contributed by atoms with van der Waals surface area (Å²) >= 11 is 0. The summed E-state index contributed by atoms with van der Waals surface area (Å²) in [6, 6.07) is 5.39. The van der Waals surface area contributed by atoms with Crippen LogP contribution < -0.4 is 9.47 Å². The first kappa shape index (κ1) is 13.0. The van der Waals surface area contributed by atoms with Gasteiger partial charge in [-0.15, -0.1) is 0 Å². The van der Waals surface area contributed by atoms with Crippen LogP contribution in [0.3, 0.4) is 0 Å². The molecule has 0 spiro atoms. The van der Waals surface area contributed by atoms with Crippen molar-refractivity contribution < 1.29 is 23.7 Å². The molecule has 0 aromatic heterocycles. The SMILES string of the molecule is COC1=CC(=O)OC1=Cc1ccc(OC)c(OC)c1. The number of benzene rings is 1. The van der Waals surface area contributed by atoms with Crippen LogP contribution in [0.25, 0.3) is 6.08 Å². The average Bonchev–Trinajstić information content (AvgIpc) is 2.78. The second-order valence-corrected chi connectivity index (χ2v) is 3.76. The number of cyclic esters (lactones) is 1. The van der Waals surface area contributed by atoms with Crippen molar-refractivity contribution in [3.8, 4) is 11.5 Å². The van der Waals surface area contributed by atoms with Crippen LogP contribution in [0, 0.1) is 0 Å². The van der Waals surface area contributed by atoms with E-state index in [0.29, 0.717) is 23.0 Å². The van der Waals surface area contributed by atoms with E-state index in [4.69, 9.17) is 18.9 Å². The Labute approximate surface area is 111 Å². The highest BCUT2D eigenvalue weighted by Crippen LogP contribution is 2.30. The summed E-state index contributed by atoms with van der Waals surface area (Å²) in [5.74, 6) is 1.57. The molecule has 1 aliphatic rings. The van der Waals surface area contributed by atoms with E-state index in [1.165, 1.54) is 13.2 Å². The lowest BCUT2D eigenvalue weighted by molar-refractivity contribution is -0.132. The molecule has 19 heavy (non-hydrogen) atoms. The van der Waals surface area contributed by atoms with E-state index < -0.39 is 5.97 Å². The lowest BCUT2D eigenvalue weighted by Gasteiger charge is -2.08. The molecule has 0 bridgehead atoms. The number of rotatable bonds is 4. The maximum atomic E-state index is 11.2. The lowest BCUT2D eigenvalue weighted by atomic mass is 10.1. The van der Waals surface area contributed by atoms with Crippen molar-refractivity contribution in [3.63, 3.8) is 0 Å². The predicted molar refractivity (Wildman–Crippen MR) is 68.7 cm³/mol. The number of ether oxygens (including phenoxy) is 4. The van der Waals surface area contributed by atoms with Gasteiger partial charge in [0.1, 0.15) is 0 Å². The number of carbonyl (C=O) groups is 1. The molecule has 0 N–H and O–H groups in total. The molecule has 0 unspecified atom stereocenters. The zero-order chi connectivity index (χ0) is 13.8. The molecular weight excluding hydrogens is 248 g/mol. The molecule has 0 aliphatic carbocycles. The van der Waals surface area contributed by atoms with Crippen LogP contribution in [0.15, 0.2) is 35.8 Å². The van der Waals surface area contributed by atoms with Crippen molar-refractivity contribution >= 4 is 12.0 Å². The average molecular weight is 262 g/mol. The Kier molecular flexibility index (Phi) is 3.75. The molecule has 1 aliphatic heterocycles. The van der Waals surface area contributed by atoms with Gasteiger partial charge in [0.25, 0.3) is 0 Å². The first-order valence-electron chi connectivity index (χ1n) is 5.59. The molecule has 1 heterocycles. The van der Waals surface area contributed by atoms with Gasteiger partial charge in [0.15, 0.2) is 23.0 Å². The molecule has 0 saturated heterocycles. The Balaban J connectivity index is 2.33. The van der Waals surface area contributed by atoms with Crippen molar-refractivity contribution in [2.45, 2.75) is 0 Å². The third-order valence-corrected chi connectivity index (χ3v) is 2.63. The van der Waals surface area contributed by atoms with E-state index in [2.05, 4.69) is 0 Å². The molecule has 0 amide bonds. The first-order valence-corrected chi connectivity index (χ1v) is 5.59. The highest BCUT2D eigenvalue weighted by molar-refractivity contribution is 5.89. The Morgan fingerprint density at radius 2 is 1.79 bits per heavy atom. The largest absolute Gasteiger partial charge is 0.493 e. The van der Waals surface area contributed by atoms with E-state index in [1.54, 1.807) is 32.4 Å². The molecule has 0 radical (unpaired) electrons. The van der Waals surface area contributed by atoms with Crippen LogP contribution >= 0.6 is 0 Å². The van der Waals surface area contributed by atoms with Crippen LogP contribution in [0.4, 0.5) is 0 Å². The summed E-state index contributed by atoms with van der Waals surface area (Å²) in [7, 11) is 4.61. The van der Waals surface area contributed by atoms with Crippen molar-refractivity contribution in [1.29, 1.82) is 0 Å². The summed E-state index contributed by atoms with van der Waals surface area (Å²) in [5.41, 5.74) is 0.810. The fourth-order valence-electron chi connectivity index (χ4n) is 1.72. The second-order valence-electron chi connectivity index (χ2n) is 3.76. The summed E-state index contributed by atoms with van der Waals surface area (Å²) < 4.78 is 20.5. The minimum Gasteiger partial charge on any atom is -0.493 e. The van der Waals surface area contributed by atoms with Crippen LogP contribution in [-0.2, 0) is 14.3 Å². The topological polar surface area (TPSA) is 54.0 Å². The highest BCUT2D eigenvalue weighted by atomic mass is 16.6. The van der Waals surface area contributed by atoms with Gasteiger partial charge < -0.3 is 18.9 Å². The van der Waals surface area contributed by atoms with E-state index in [0.717, 1.165) is 5.56 Å². The Hall–Kier alpha value is -2.43. The molecule has 100 valence electrons. The fourth-order valence-corrected chi connectivity index (χ4v) is 1.72.